The fourth-order valence-electron chi connectivity index (χ4n) is 3.85. The lowest BCUT2D eigenvalue weighted by Crippen LogP contribution is -1.95. The maximum atomic E-state index is 10.1. The van der Waals surface area contributed by atoms with E-state index in [-0.39, 0.29) is 5.88 Å². The van der Waals surface area contributed by atoms with Gasteiger partial charge in [-0.1, -0.05) is 101 Å². The van der Waals surface area contributed by atoms with E-state index in [1.165, 1.54) is 0 Å². The van der Waals surface area contributed by atoms with Crippen molar-refractivity contribution in [1.82, 2.24) is 0 Å². The molecule has 0 bridgehead atoms. The van der Waals surface area contributed by atoms with Gasteiger partial charge < -0.3 is 9.15 Å². The summed E-state index contributed by atoms with van der Waals surface area (Å²) >= 11 is 3.45. The SMILES string of the molecule is N#Cc1c(N=Cc2cccc(OCc3ccc(Br)cc3)c2)oc(-c2ccccc2)c1-c1ccccc1. The molecule has 0 spiro atoms. The number of aliphatic imine (C=N–C) groups is 1. The van der Waals surface area contributed by atoms with Gasteiger partial charge in [-0.15, -0.1) is 0 Å². The van der Waals surface area contributed by atoms with E-state index >= 15 is 0 Å². The van der Waals surface area contributed by atoms with Gasteiger partial charge in [0.15, 0.2) is 0 Å². The van der Waals surface area contributed by atoms with Gasteiger partial charge in [-0.05, 0) is 41.0 Å². The summed E-state index contributed by atoms with van der Waals surface area (Å²) in [6.45, 7) is 0.464. The van der Waals surface area contributed by atoms with E-state index in [1.807, 2.05) is 109 Å². The zero-order chi connectivity index (χ0) is 24.7. The maximum absolute atomic E-state index is 10.1. The lowest BCUT2D eigenvalue weighted by atomic mass is 9.98. The van der Waals surface area contributed by atoms with Crippen molar-refractivity contribution in [2.75, 3.05) is 0 Å². The van der Waals surface area contributed by atoms with Crippen molar-refractivity contribution >= 4 is 28.0 Å². The normalized spacial score (nSPS) is 10.9. The molecule has 0 amide bonds. The first-order valence-electron chi connectivity index (χ1n) is 11.4. The van der Waals surface area contributed by atoms with E-state index in [4.69, 9.17) is 9.15 Å². The van der Waals surface area contributed by atoms with Crippen LogP contribution in [-0.4, -0.2) is 6.21 Å². The van der Waals surface area contributed by atoms with Crippen molar-refractivity contribution in [3.63, 3.8) is 0 Å². The van der Waals surface area contributed by atoms with Crippen LogP contribution in [0.15, 0.2) is 123 Å². The van der Waals surface area contributed by atoms with Crippen molar-refractivity contribution in [2.24, 2.45) is 4.99 Å². The molecule has 36 heavy (non-hydrogen) atoms. The summed E-state index contributed by atoms with van der Waals surface area (Å²) in [5, 5.41) is 10.1. The number of nitriles is 1. The molecule has 0 saturated carbocycles. The van der Waals surface area contributed by atoms with Gasteiger partial charge >= 0.3 is 0 Å². The molecule has 0 saturated heterocycles. The smallest absolute Gasteiger partial charge is 0.238 e. The van der Waals surface area contributed by atoms with Gasteiger partial charge in [-0.2, -0.15) is 5.26 Å². The highest BCUT2D eigenvalue weighted by Crippen LogP contribution is 2.42. The molecular formula is C31H21BrN2O2. The molecule has 0 aliphatic heterocycles. The first-order chi connectivity index (χ1) is 17.7. The quantitative estimate of drug-likeness (QED) is 0.197. The minimum atomic E-state index is 0.274. The van der Waals surface area contributed by atoms with Crippen LogP contribution in [0.3, 0.4) is 0 Å². The van der Waals surface area contributed by atoms with Crippen LogP contribution in [0.2, 0.25) is 0 Å². The number of ether oxygens (including phenoxy) is 1. The molecule has 4 nitrogen and oxygen atoms in total. The number of furan rings is 1. The maximum Gasteiger partial charge on any atom is 0.238 e. The molecule has 1 heterocycles. The average Bonchev–Trinajstić information content (AvgIpc) is 3.31. The van der Waals surface area contributed by atoms with Gasteiger partial charge in [0.1, 0.15) is 29.7 Å². The van der Waals surface area contributed by atoms with Crippen LogP contribution in [0, 0.1) is 11.3 Å². The summed E-state index contributed by atoms with van der Waals surface area (Å²) in [5.41, 5.74) is 4.85. The zero-order valence-electron chi connectivity index (χ0n) is 19.3. The Labute approximate surface area is 218 Å². The van der Waals surface area contributed by atoms with Gasteiger partial charge in [0.2, 0.25) is 5.88 Å². The van der Waals surface area contributed by atoms with Gasteiger partial charge in [0.25, 0.3) is 0 Å². The van der Waals surface area contributed by atoms with E-state index in [2.05, 4.69) is 27.0 Å². The van der Waals surface area contributed by atoms with Gasteiger partial charge in [0.05, 0.1) is 0 Å². The Hall–Kier alpha value is -4.40. The molecule has 0 unspecified atom stereocenters. The van der Waals surface area contributed by atoms with Crippen LogP contribution < -0.4 is 4.74 Å². The fraction of sp³-hybridized carbons (Fsp3) is 0.0323. The summed E-state index contributed by atoms with van der Waals surface area (Å²) in [6.07, 6.45) is 1.69. The van der Waals surface area contributed by atoms with Crippen molar-refractivity contribution in [2.45, 2.75) is 6.61 Å². The van der Waals surface area contributed by atoms with Crippen LogP contribution in [-0.2, 0) is 6.61 Å². The standard InChI is InChI=1S/C31H21BrN2O2/c32-26-16-14-22(15-17-26)21-35-27-13-7-8-23(18-27)20-34-31-28(19-33)29(24-9-3-1-4-10-24)30(36-31)25-11-5-2-6-12-25/h1-18,20H,21H2. The predicted octanol–water partition coefficient (Wildman–Crippen LogP) is 8.58. The van der Waals surface area contributed by atoms with Gasteiger partial charge in [-0.25, -0.2) is 4.99 Å². The summed E-state index contributed by atoms with van der Waals surface area (Å²) in [7, 11) is 0. The van der Waals surface area contributed by atoms with Crippen LogP contribution in [0.25, 0.3) is 22.5 Å². The molecule has 0 atom stereocenters. The van der Waals surface area contributed by atoms with E-state index in [0.29, 0.717) is 17.9 Å². The second kappa shape index (κ2) is 10.9. The Morgan fingerprint density at radius 3 is 2.22 bits per heavy atom. The first kappa shape index (κ1) is 23.3. The van der Waals surface area contributed by atoms with Gasteiger partial charge in [-0.3, -0.25) is 0 Å². The van der Waals surface area contributed by atoms with Crippen molar-refractivity contribution in [3.05, 3.63) is 130 Å². The lowest BCUT2D eigenvalue weighted by molar-refractivity contribution is 0.306. The number of halogens is 1. The number of nitrogens with zero attached hydrogens (tertiary/aromatic N) is 2. The zero-order valence-corrected chi connectivity index (χ0v) is 20.9. The topological polar surface area (TPSA) is 58.5 Å². The Morgan fingerprint density at radius 2 is 1.53 bits per heavy atom. The van der Waals surface area contributed by atoms with Crippen LogP contribution >= 0.6 is 15.9 Å². The summed E-state index contributed by atoms with van der Waals surface area (Å²) in [5.74, 6) is 1.63. The third kappa shape index (κ3) is 5.30. The third-order valence-electron chi connectivity index (χ3n) is 5.61. The van der Waals surface area contributed by atoms with Gasteiger partial charge in [0, 0.05) is 21.8 Å². The van der Waals surface area contributed by atoms with E-state index < -0.39 is 0 Å². The van der Waals surface area contributed by atoms with Crippen LogP contribution in [0.1, 0.15) is 16.7 Å². The predicted molar refractivity (Wildman–Crippen MR) is 146 cm³/mol. The van der Waals surface area contributed by atoms with Crippen molar-refractivity contribution in [3.8, 4) is 34.3 Å². The van der Waals surface area contributed by atoms with E-state index in [1.54, 1.807) is 6.21 Å². The van der Waals surface area contributed by atoms with Crippen LogP contribution in [0.4, 0.5) is 5.88 Å². The molecule has 0 N–H and O–H groups in total. The number of hydrogen-bond acceptors (Lipinski definition) is 4. The second-order valence-corrected chi connectivity index (χ2v) is 8.99. The largest absolute Gasteiger partial charge is 0.489 e. The minimum Gasteiger partial charge on any atom is -0.489 e. The molecule has 0 aliphatic rings. The molecule has 0 fully saturated rings. The molecule has 174 valence electrons. The molecular weight excluding hydrogens is 512 g/mol. The third-order valence-corrected chi connectivity index (χ3v) is 6.14. The van der Waals surface area contributed by atoms with E-state index in [9.17, 15) is 5.26 Å². The second-order valence-electron chi connectivity index (χ2n) is 8.08. The fourth-order valence-corrected chi connectivity index (χ4v) is 4.12. The monoisotopic (exact) mass is 532 g/mol. The Balaban J connectivity index is 1.45. The van der Waals surface area contributed by atoms with E-state index in [0.717, 1.165) is 38.0 Å². The molecule has 0 radical (unpaired) electrons. The highest BCUT2D eigenvalue weighted by molar-refractivity contribution is 9.10. The molecule has 5 rings (SSSR count). The summed E-state index contributed by atoms with van der Waals surface area (Å²) < 4.78 is 13.2. The summed E-state index contributed by atoms with van der Waals surface area (Å²) in [4.78, 5) is 4.57. The Morgan fingerprint density at radius 1 is 0.833 bits per heavy atom. The molecule has 1 aromatic heterocycles. The summed E-state index contributed by atoms with van der Waals surface area (Å²) in [6, 6.07) is 37.5. The first-order valence-corrected chi connectivity index (χ1v) is 12.2. The Kier molecular flexibility index (Phi) is 7.07. The Bertz CT molecular complexity index is 1530. The molecule has 5 heteroatoms. The molecule has 5 aromatic rings. The highest BCUT2D eigenvalue weighted by Gasteiger charge is 2.22. The highest BCUT2D eigenvalue weighted by atomic mass is 79.9. The average molecular weight is 533 g/mol. The lowest BCUT2D eigenvalue weighted by Gasteiger charge is -2.07. The number of benzene rings is 4. The number of hydrogen-bond donors (Lipinski definition) is 0. The van der Waals surface area contributed by atoms with Crippen molar-refractivity contribution < 1.29 is 9.15 Å². The molecule has 4 aromatic carbocycles. The van der Waals surface area contributed by atoms with Crippen LogP contribution in [0.5, 0.6) is 5.75 Å². The number of rotatable bonds is 7. The van der Waals surface area contributed by atoms with Crippen molar-refractivity contribution in [1.29, 1.82) is 5.26 Å². The minimum absolute atomic E-state index is 0.274. The molecule has 0 aliphatic carbocycles.